The van der Waals surface area contributed by atoms with Crippen molar-refractivity contribution in [1.82, 2.24) is 0 Å². The van der Waals surface area contributed by atoms with Crippen LogP contribution >= 0.6 is 0 Å². The van der Waals surface area contributed by atoms with Crippen LogP contribution in [0.4, 0.5) is 5.69 Å². The van der Waals surface area contributed by atoms with Gasteiger partial charge in [0.2, 0.25) is 5.91 Å². The highest BCUT2D eigenvalue weighted by molar-refractivity contribution is 5.96. The molecule has 1 N–H and O–H groups in total. The second-order valence-electron chi connectivity index (χ2n) is 5.84. The van der Waals surface area contributed by atoms with Crippen molar-refractivity contribution in [2.75, 3.05) is 5.32 Å². The summed E-state index contributed by atoms with van der Waals surface area (Å²) in [6, 6.07) is 6.13. The quantitative estimate of drug-likeness (QED) is 0.830. The summed E-state index contributed by atoms with van der Waals surface area (Å²) >= 11 is 0. The van der Waals surface area contributed by atoms with Gasteiger partial charge in [0.15, 0.2) is 0 Å². The fourth-order valence-corrected chi connectivity index (χ4v) is 2.84. The Balaban J connectivity index is 2.16. The van der Waals surface area contributed by atoms with Crippen molar-refractivity contribution >= 4 is 11.6 Å². The summed E-state index contributed by atoms with van der Waals surface area (Å²) in [4.78, 5) is 12.5. The molecule has 1 fully saturated rings. The molecule has 0 saturated heterocycles. The number of rotatable bonds is 2. The van der Waals surface area contributed by atoms with E-state index in [2.05, 4.69) is 12.2 Å². The normalized spacial score (nSPS) is 18.4. The van der Waals surface area contributed by atoms with Crippen LogP contribution in [0.2, 0.25) is 0 Å². The Morgan fingerprint density at radius 2 is 1.67 bits per heavy atom. The average molecular weight is 245 g/mol. The highest BCUT2D eigenvalue weighted by Crippen LogP contribution is 2.37. The van der Waals surface area contributed by atoms with Crippen LogP contribution < -0.4 is 5.32 Å². The number of carbonyl (C=O) groups excluding carboxylic acids is 1. The minimum atomic E-state index is -0.174. The first-order valence-electron chi connectivity index (χ1n) is 6.91. The van der Waals surface area contributed by atoms with Crippen molar-refractivity contribution in [2.24, 2.45) is 5.41 Å². The maximum atomic E-state index is 12.5. The van der Waals surface area contributed by atoms with E-state index in [4.69, 9.17) is 0 Å². The molecular formula is C16H23NO. The number of nitrogens with one attached hydrogen (secondary N) is 1. The molecule has 1 aliphatic rings. The number of benzene rings is 1. The summed E-state index contributed by atoms with van der Waals surface area (Å²) in [5.41, 5.74) is 3.10. The lowest BCUT2D eigenvalue weighted by Gasteiger charge is -2.32. The maximum Gasteiger partial charge on any atom is 0.230 e. The number of amides is 1. The minimum Gasteiger partial charge on any atom is -0.325 e. The maximum absolute atomic E-state index is 12.5. The molecule has 0 aromatic heterocycles. The lowest BCUT2D eigenvalue weighted by molar-refractivity contribution is -0.126. The van der Waals surface area contributed by atoms with Crippen LogP contribution in [0, 0.1) is 19.3 Å². The van der Waals surface area contributed by atoms with E-state index in [1.807, 2.05) is 32.0 Å². The third kappa shape index (κ3) is 2.58. The van der Waals surface area contributed by atoms with Crippen LogP contribution in [0.5, 0.6) is 0 Å². The summed E-state index contributed by atoms with van der Waals surface area (Å²) in [6.45, 7) is 6.20. The molecule has 0 unspecified atom stereocenters. The van der Waals surface area contributed by atoms with Crippen molar-refractivity contribution in [3.63, 3.8) is 0 Å². The number of anilines is 1. The van der Waals surface area contributed by atoms with Gasteiger partial charge in [0.25, 0.3) is 0 Å². The fourth-order valence-electron chi connectivity index (χ4n) is 2.84. The van der Waals surface area contributed by atoms with Crippen molar-refractivity contribution in [3.8, 4) is 0 Å². The molecule has 1 aliphatic carbocycles. The number of hydrogen-bond acceptors (Lipinski definition) is 1. The Labute approximate surface area is 110 Å². The van der Waals surface area contributed by atoms with Crippen LogP contribution in [-0.2, 0) is 4.79 Å². The van der Waals surface area contributed by atoms with Crippen LogP contribution in [0.1, 0.15) is 50.2 Å². The summed E-state index contributed by atoms with van der Waals surface area (Å²) in [5.74, 6) is 0.194. The molecule has 1 saturated carbocycles. The van der Waals surface area contributed by atoms with Gasteiger partial charge in [-0.05, 0) is 37.8 Å². The van der Waals surface area contributed by atoms with Crippen LogP contribution in [0.25, 0.3) is 0 Å². The highest BCUT2D eigenvalue weighted by Gasteiger charge is 2.34. The van der Waals surface area contributed by atoms with Gasteiger partial charge >= 0.3 is 0 Å². The molecule has 98 valence electrons. The van der Waals surface area contributed by atoms with E-state index >= 15 is 0 Å². The van der Waals surface area contributed by atoms with Crippen molar-refractivity contribution in [3.05, 3.63) is 29.3 Å². The first-order chi connectivity index (χ1) is 8.53. The average Bonchev–Trinajstić information content (AvgIpc) is 2.34. The van der Waals surface area contributed by atoms with Gasteiger partial charge < -0.3 is 5.32 Å². The predicted octanol–water partition coefficient (Wildman–Crippen LogP) is 4.21. The first-order valence-corrected chi connectivity index (χ1v) is 6.91. The Morgan fingerprint density at radius 3 is 2.22 bits per heavy atom. The SMILES string of the molecule is Cc1cccc(C)c1NC(=O)C1(C)CCCCC1. The third-order valence-electron chi connectivity index (χ3n) is 4.22. The van der Waals surface area contributed by atoms with Gasteiger partial charge in [-0.1, -0.05) is 44.4 Å². The highest BCUT2D eigenvalue weighted by atomic mass is 16.2. The number of para-hydroxylation sites is 1. The summed E-state index contributed by atoms with van der Waals surface area (Å²) in [7, 11) is 0. The van der Waals surface area contributed by atoms with E-state index in [1.165, 1.54) is 19.3 Å². The molecule has 1 aromatic rings. The molecule has 0 atom stereocenters. The molecule has 0 bridgehead atoms. The van der Waals surface area contributed by atoms with E-state index in [0.717, 1.165) is 29.7 Å². The van der Waals surface area contributed by atoms with E-state index in [9.17, 15) is 4.79 Å². The van der Waals surface area contributed by atoms with E-state index in [0.29, 0.717) is 0 Å². The molecule has 2 nitrogen and oxygen atoms in total. The first kappa shape index (κ1) is 13.1. The Morgan fingerprint density at radius 1 is 1.11 bits per heavy atom. The number of carbonyl (C=O) groups is 1. The monoisotopic (exact) mass is 245 g/mol. The second kappa shape index (κ2) is 5.13. The smallest absolute Gasteiger partial charge is 0.230 e. The van der Waals surface area contributed by atoms with Gasteiger partial charge in [-0.2, -0.15) is 0 Å². The summed E-state index contributed by atoms with van der Waals surface area (Å²) < 4.78 is 0. The molecule has 1 amide bonds. The zero-order valence-electron chi connectivity index (χ0n) is 11.7. The van der Waals surface area contributed by atoms with Crippen molar-refractivity contribution < 1.29 is 4.79 Å². The van der Waals surface area contributed by atoms with Gasteiger partial charge in [-0.25, -0.2) is 0 Å². The van der Waals surface area contributed by atoms with Gasteiger partial charge in [-0.15, -0.1) is 0 Å². The largest absolute Gasteiger partial charge is 0.325 e. The molecular weight excluding hydrogens is 222 g/mol. The van der Waals surface area contributed by atoms with Gasteiger partial charge in [0.05, 0.1) is 0 Å². The number of hydrogen-bond donors (Lipinski definition) is 1. The molecule has 2 rings (SSSR count). The van der Waals surface area contributed by atoms with Gasteiger partial charge in [0, 0.05) is 11.1 Å². The summed E-state index contributed by atoms with van der Waals surface area (Å²) in [6.07, 6.45) is 5.66. The lowest BCUT2D eigenvalue weighted by Crippen LogP contribution is -2.35. The molecule has 0 aliphatic heterocycles. The molecule has 2 heteroatoms. The molecule has 1 aromatic carbocycles. The predicted molar refractivity (Wildman–Crippen MR) is 75.7 cm³/mol. The Hall–Kier alpha value is -1.31. The molecule has 0 radical (unpaired) electrons. The standard InChI is InChI=1S/C16H23NO/c1-12-8-7-9-13(2)14(12)17-15(18)16(3)10-5-4-6-11-16/h7-9H,4-6,10-11H2,1-3H3,(H,17,18). The van der Waals surface area contributed by atoms with Crippen LogP contribution in [-0.4, -0.2) is 5.91 Å². The second-order valence-corrected chi connectivity index (χ2v) is 5.84. The zero-order valence-corrected chi connectivity index (χ0v) is 11.7. The van der Waals surface area contributed by atoms with E-state index < -0.39 is 0 Å². The fraction of sp³-hybridized carbons (Fsp3) is 0.562. The zero-order chi connectivity index (χ0) is 13.2. The molecule has 0 spiro atoms. The topological polar surface area (TPSA) is 29.1 Å². The summed E-state index contributed by atoms with van der Waals surface area (Å²) in [5, 5.41) is 3.15. The third-order valence-corrected chi connectivity index (χ3v) is 4.22. The van der Waals surface area contributed by atoms with Gasteiger partial charge in [-0.3, -0.25) is 4.79 Å². The van der Waals surface area contributed by atoms with Crippen LogP contribution in [0.15, 0.2) is 18.2 Å². The van der Waals surface area contributed by atoms with E-state index in [-0.39, 0.29) is 11.3 Å². The van der Waals surface area contributed by atoms with Gasteiger partial charge in [0.1, 0.15) is 0 Å². The van der Waals surface area contributed by atoms with E-state index in [1.54, 1.807) is 0 Å². The van der Waals surface area contributed by atoms with Crippen LogP contribution in [0.3, 0.4) is 0 Å². The van der Waals surface area contributed by atoms with Crippen molar-refractivity contribution in [1.29, 1.82) is 0 Å². The lowest BCUT2D eigenvalue weighted by atomic mass is 9.75. The van der Waals surface area contributed by atoms with Crippen molar-refractivity contribution in [2.45, 2.75) is 52.9 Å². The minimum absolute atomic E-state index is 0.174. The Kier molecular flexibility index (Phi) is 3.74. The molecule has 18 heavy (non-hydrogen) atoms. The number of aryl methyl sites for hydroxylation is 2. The Bertz CT molecular complexity index is 424. The molecule has 0 heterocycles.